The van der Waals surface area contributed by atoms with Crippen LogP contribution in [0, 0.1) is 0 Å². The molecular formula is C13H16ClN3S. The molecule has 18 heavy (non-hydrogen) atoms. The molecule has 1 aromatic heterocycles. The van der Waals surface area contributed by atoms with Gasteiger partial charge in [0.1, 0.15) is 5.01 Å². The van der Waals surface area contributed by atoms with Crippen molar-refractivity contribution in [1.29, 1.82) is 0 Å². The zero-order valence-corrected chi connectivity index (χ0v) is 11.8. The fraction of sp³-hybridized carbons (Fsp3) is 0.308. The quantitative estimate of drug-likeness (QED) is 0.916. The Morgan fingerprint density at radius 1 is 1.39 bits per heavy atom. The molecule has 0 saturated heterocycles. The topological polar surface area (TPSA) is 42.1 Å². The van der Waals surface area contributed by atoms with Gasteiger partial charge in [-0.05, 0) is 13.1 Å². The summed E-state index contributed by atoms with van der Waals surface area (Å²) in [5.74, 6) is 0. The van der Waals surface area contributed by atoms with E-state index in [1.54, 1.807) is 11.3 Å². The maximum Gasteiger partial charge on any atom is 0.125 e. The first-order valence-corrected chi connectivity index (χ1v) is 7.04. The van der Waals surface area contributed by atoms with E-state index in [2.05, 4.69) is 15.3 Å². The van der Waals surface area contributed by atoms with Crippen LogP contribution in [0.15, 0.2) is 29.6 Å². The summed E-state index contributed by atoms with van der Waals surface area (Å²) >= 11 is 7.79. The Balaban J connectivity index is 2.13. The molecule has 0 spiro atoms. The van der Waals surface area contributed by atoms with Crippen molar-refractivity contribution in [3.63, 3.8) is 0 Å². The van der Waals surface area contributed by atoms with Gasteiger partial charge in [0.2, 0.25) is 0 Å². The van der Waals surface area contributed by atoms with E-state index < -0.39 is 0 Å². The van der Waals surface area contributed by atoms with Crippen molar-refractivity contribution in [2.75, 3.05) is 20.1 Å². The summed E-state index contributed by atoms with van der Waals surface area (Å²) in [6.07, 6.45) is 0. The molecule has 0 atom stereocenters. The number of hydrogen-bond acceptors (Lipinski definition) is 4. The molecule has 96 valence electrons. The van der Waals surface area contributed by atoms with Gasteiger partial charge in [-0.2, -0.15) is 0 Å². The van der Waals surface area contributed by atoms with Crippen LogP contribution in [-0.2, 0) is 6.54 Å². The second-order valence-electron chi connectivity index (χ2n) is 4.15. The lowest BCUT2D eigenvalue weighted by atomic mass is 10.2. The van der Waals surface area contributed by atoms with Crippen LogP contribution in [0.25, 0.3) is 10.6 Å². The number of halogens is 1. The zero-order chi connectivity index (χ0) is 13.0. The summed E-state index contributed by atoms with van der Waals surface area (Å²) < 4.78 is 0. The summed E-state index contributed by atoms with van der Waals surface area (Å²) in [6.45, 7) is 2.36. The van der Waals surface area contributed by atoms with Gasteiger partial charge in [-0.1, -0.05) is 29.8 Å². The number of thiazole rings is 1. The van der Waals surface area contributed by atoms with Gasteiger partial charge in [-0.25, -0.2) is 4.98 Å². The van der Waals surface area contributed by atoms with Crippen LogP contribution in [0.3, 0.4) is 0 Å². The second kappa shape index (κ2) is 6.29. The molecule has 2 N–H and O–H groups in total. The summed E-state index contributed by atoms with van der Waals surface area (Å²) in [4.78, 5) is 6.77. The van der Waals surface area contributed by atoms with E-state index in [1.807, 2.05) is 31.3 Å². The summed E-state index contributed by atoms with van der Waals surface area (Å²) in [6, 6.07) is 7.78. The number of nitrogens with zero attached hydrogens (tertiary/aromatic N) is 2. The Bertz CT molecular complexity index is 512. The van der Waals surface area contributed by atoms with Crippen molar-refractivity contribution < 1.29 is 0 Å². The highest BCUT2D eigenvalue weighted by Gasteiger charge is 2.09. The molecule has 0 aliphatic heterocycles. The maximum absolute atomic E-state index is 6.16. The molecule has 0 saturated carbocycles. The fourth-order valence-electron chi connectivity index (χ4n) is 1.71. The van der Waals surface area contributed by atoms with Crippen LogP contribution >= 0.6 is 22.9 Å². The van der Waals surface area contributed by atoms with E-state index in [0.717, 1.165) is 34.4 Å². The molecule has 5 heteroatoms. The van der Waals surface area contributed by atoms with Crippen molar-refractivity contribution in [2.45, 2.75) is 6.54 Å². The third kappa shape index (κ3) is 3.29. The monoisotopic (exact) mass is 281 g/mol. The Morgan fingerprint density at radius 3 is 2.89 bits per heavy atom. The number of nitrogens with two attached hydrogens (primary N) is 1. The first-order valence-electron chi connectivity index (χ1n) is 5.78. The number of benzene rings is 1. The van der Waals surface area contributed by atoms with Gasteiger partial charge >= 0.3 is 0 Å². The van der Waals surface area contributed by atoms with Gasteiger partial charge < -0.3 is 5.73 Å². The molecule has 2 rings (SSSR count). The van der Waals surface area contributed by atoms with Crippen molar-refractivity contribution in [3.8, 4) is 10.6 Å². The smallest absolute Gasteiger partial charge is 0.125 e. The molecule has 0 radical (unpaired) electrons. The molecule has 1 heterocycles. The van der Waals surface area contributed by atoms with E-state index in [9.17, 15) is 0 Å². The fourth-order valence-corrected chi connectivity index (χ4v) is 2.85. The molecule has 3 nitrogen and oxygen atoms in total. The zero-order valence-electron chi connectivity index (χ0n) is 10.3. The van der Waals surface area contributed by atoms with Crippen LogP contribution in [0.5, 0.6) is 0 Å². The standard InChI is InChI=1S/C13H16ClN3S/c1-17(7-6-15)8-10-9-18-13(16-10)11-4-2-3-5-12(11)14/h2-5,9H,6-8,15H2,1H3. The van der Waals surface area contributed by atoms with Crippen molar-refractivity contribution >= 4 is 22.9 Å². The van der Waals surface area contributed by atoms with Gasteiger partial charge in [-0.3, -0.25) is 4.90 Å². The molecule has 0 aliphatic rings. The van der Waals surface area contributed by atoms with Crippen LogP contribution in [0.1, 0.15) is 5.69 Å². The highest BCUT2D eigenvalue weighted by molar-refractivity contribution is 7.13. The lowest BCUT2D eigenvalue weighted by Crippen LogP contribution is -2.25. The SMILES string of the molecule is CN(CCN)Cc1csc(-c2ccccc2Cl)n1. The van der Waals surface area contributed by atoms with E-state index in [0.29, 0.717) is 6.54 Å². The molecule has 0 bridgehead atoms. The summed E-state index contributed by atoms with van der Waals surface area (Å²) in [7, 11) is 2.04. The molecule has 0 amide bonds. The van der Waals surface area contributed by atoms with Crippen molar-refractivity contribution in [2.24, 2.45) is 5.73 Å². The Morgan fingerprint density at radius 2 is 2.17 bits per heavy atom. The largest absolute Gasteiger partial charge is 0.329 e. The van der Waals surface area contributed by atoms with E-state index >= 15 is 0 Å². The molecule has 2 aromatic rings. The van der Waals surface area contributed by atoms with Crippen molar-refractivity contribution in [1.82, 2.24) is 9.88 Å². The first kappa shape index (κ1) is 13.5. The third-order valence-corrected chi connectivity index (χ3v) is 3.85. The van der Waals surface area contributed by atoms with Gasteiger partial charge in [0.05, 0.1) is 10.7 Å². The van der Waals surface area contributed by atoms with Crippen LogP contribution in [-0.4, -0.2) is 30.0 Å². The molecule has 0 fully saturated rings. The van der Waals surface area contributed by atoms with Gasteiger partial charge in [0.25, 0.3) is 0 Å². The Kier molecular flexibility index (Phi) is 4.72. The normalized spacial score (nSPS) is 11.1. The highest BCUT2D eigenvalue weighted by atomic mass is 35.5. The predicted octanol–water partition coefficient (Wildman–Crippen LogP) is 2.85. The minimum atomic E-state index is 0.665. The van der Waals surface area contributed by atoms with E-state index in [4.69, 9.17) is 17.3 Å². The number of rotatable bonds is 5. The van der Waals surface area contributed by atoms with Gasteiger partial charge in [0, 0.05) is 30.6 Å². The lowest BCUT2D eigenvalue weighted by Gasteiger charge is -2.12. The maximum atomic E-state index is 6.16. The van der Waals surface area contributed by atoms with Gasteiger partial charge in [-0.15, -0.1) is 11.3 Å². The number of hydrogen-bond donors (Lipinski definition) is 1. The minimum Gasteiger partial charge on any atom is -0.329 e. The van der Waals surface area contributed by atoms with E-state index in [1.165, 1.54) is 0 Å². The molecular weight excluding hydrogens is 266 g/mol. The minimum absolute atomic E-state index is 0.665. The first-order chi connectivity index (χ1) is 8.70. The van der Waals surface area contributed by atoms with Crippen LogP contribution in [0.2, 0.25) is 5.02 Å². The number of aromatic nitrogens is 1. The summed E-state index contributed by atoms with van der Waals surface area (Å²) in [5, 5.41) is 3.79. The second-order valence-corrected chi connectivity index (χ2v) is 5.42. The number of likely N-dealkylation sites (N-methyl/N-ethyl adjacent to an activating group) is 1. The van der Waals surface area contributed by atoms with Crippen molar-refractivity contribution in [3.05, 3.63) is 40.4 Å². The Hall–Kier alpha value is -0.940. The summed E-state index contributed by atoms with van der Waals surface area (Å²) in [5.41, 5.74) is 7.58. The van der Waals surface area contributed by atoms with Crippen LogP contribution in [0.4, 0.5) is 0 Å². The highest BCUT2D eigenvalue weighted by Crippen LogP contribution is 2.30. The average Bonchev–Trinajstić information content (AvgIpc) is 2.78. The third-order valence-electron chi connectivity index (χ3n) is 2.60. The predicted molar refractivity (Wildman–Crippen MR) is 77.9 cm³/mol. The van der Waals surface area contributed by atoms with Gasteiger partial charge in [0.15, 0.2) is 0 Å². The average molecular weight is 282 g/mol. The molecule has 0 unspecified atom stereocenters. The molecule has 1 aromatic carbocycles. The Labute approximate surface area is 116 Å². The molecule has 0 aliphatic carbocycles. The lowest BCUT2D eigenvalue weighted by molar-refractivity contribution is 0.333. The van der Waals surface area contributed by atoms with Crippen LogP contribution < -0.4 is 5.73 Å². The van der Waals surface area contributed by atoms with E-state index in [-0.39, 0.29) is 0 Å².